The molecule has 0 spiro atoms. The lowest BCUT2D eigenvalue weighted by Gasteiger charge is -2.25. The van der Waals surface area contributed by atoms with Gasteiger partial charge in [0.2, 0.25) is 0 Å². The number of ether oxygens (including phenoxy) is 2. The fourth-order valence-corrected chi connectivity index (χ4v) is 5.10. The van der Waals surface area contributed by atoms with E-state index in [1.165, 1.54) is 24.3 Å². The van der Waals surface area contributed by atoms with Crippen molar-refractivity contribution < 1.29 is 14.3 Å². The predicted molar refractivity (Wildman–Crippen MR) is 146 cm³/mol. The zero-order chi connectivity index (χ0) is 25.2. The minimum absolute atomic E-state index is 0.188. The van der Waals surface area contributed by atoms with Gasteiger partial charge in [0, 0.05) is 25.3 Å². The lowest BCUT2D eigenvalue weighted by molar-refractivity contribution is -0.140. The molecule has 0 saturated heterocycles. The third-order valence-electron chi connectivity index (χ3n) is 6.25. The zero-order valence-corrected chi connectivity index (χ0v) is 22.6. The Morgan fingerprint density at radius 2 is 1.69 bits per heavy atom. The molecule has 0 N–H and O–H groups in total. The smallest absolute Gasteiger partial charge is 0.305 e. The first-order valence-corrected chi connectivity index (χ1v) is 13.6. The summed E-state index contributed by atoms with van der Waals surface area (Å²) in [6.07, 6.45) is 2.23. The number of aliphatic imine (C=N–C) groups is 1. The summed E-state index contributed by atoms with van der Waals surface area (Å²) >= 11 is 1.91. The molecule has 1 aliphatic rings. The molecule has 0 saturated carbocycles. The summed E-state index contributed by atoms with van der Waals surface area (Å²) in [5.41, 5.74) is 3.53. The summed E-state index contributed by atoms with van der Waals surface area (Å²) in [5.74, 6) is 2.99. The fraction of sp³-hybridized carbons (Fsp3) is 0.517. The van der Waals surface area contributed by atoms with E-state index in [-0.39, 0.29) is 5.97 Å². The van der Waals surface area contributed by atoms with E-state index in [4.69, 9.17) is 14.5 Å². The third-order valence-corrected chi connectivity index (χ3v) is 7.38. The maximum Gasteiger partial charge on any atom is 0.305 e. The van der Waals surface area contributed by atoms with Crippen molar-refractivity contribution in [3.05, 3.63) is 65.2 Å². The maximum absolute atomic E-state index is 11.3. The van der Waals surface area contributed by atoms with Crippen molar-refractivity contribution in [1.82, 2.24) is 4.90 Å². The predicted octanol–water partition coefficient (Wildman–Crippen LogP) is 6.35. The maximum atomic E-state index is 11.3. The standard InChI is InChI=1S/C29H40N2O3S/c1-21(2)16-17-31(29-30-27(20-35-29)22(3)4)18-24-6-8-25(9-7-24)19-34-26-13-10-23(11-14-26)12-15-28(32)33-5/h6-11,13-14,21-22,27H,12,15-20H2,1-5H3. The second-order valence-corrected chi connectivity index (χ2v) is 11.0. The molecular formula is C29H40N2O3S. The normalized spacial score (nSPS) is 15.4. The highest BCUT2D eigenvalue weighted by atomic mass is 32.2. The molecule has 1 atom stereocenters. The number of aryl methyl sites for hydroxylation is 1. The summed E-state index contributed by atoms with van der Waals surface area (Å²) < 4.78 is 10.7. The molecule has 0 radical (unpaired) electrons. The van der Waals surface area contributed by atoms with E-state index >= 15 is 0 Å². The second-order valence-electron chi connectivity index (χ2n) is 9.96. The quantitative estimate of drug-likeness (QED) is 0.321. The monoisotopic (exact) mass is 496 g/mol. The van der Waals surface area contributed by atoms with Gasteiger partial charge in [0.15, 0.2) is 5.17 Å². The van der Waals surface area contributed by atoms with E-state index in [1.807, 2.05) is 36.0 Å². The molecule has 0 bridgehead atoms. The van der Waals surface area contributed by atoms with Crippen LogP contribution in [0.25, 0.3) is 0 Å². The molecular weight excluding hydrogens is 456 g/mol. The van der Waals surface area contributed by atoms with Gasteiger partial charge in [0.05, 0.1) is 13.2 Å². The van der Waals surface area contributed by atoms with Gasteiger partial charge >= 0.3 is 5.97 Å². The van der Waals surface area contributed by atoms with Gasteiger partial charge in [-0.05, 0) is 53.5 Å². The van der Waals surface area contributed by atoms with Gasteiger partial charge in [0.1, 0.15) is 12.4 Å². The SMILES string of the molecule is COC(=O)CCc1ccc(OCc2ccc(CN(CCC(C)C)C3=NC(C(C)C)CS3)cc2)cc1. The van der Waals surface area contributed by atoms with Crippen molar-refractivity contribution in [1.29, 1.82) is 0 Å². The van der Waals surface area contributed by atoms with Crippen LogP contribution in [0.3, 0.4) is 0 Å². The van der Waals surface area contributed by atoms with Crippen LogP contribution in [0.2, 0.25) is 0 Å². The van der Waals surface area contributed by atoms with Crippen LogP contribution in [0, 0.1) is 11.8 Å². The molecule has 1 unspecified atom stereocenters. The molecule has 0 amide bonds. The van der Waals surface area contributed by atoms with E-state index in [2.05, 4.69) is 56.9 Å². The van der Waals surface area contributed by atoms with E-state index in [1.54, 1.807) is 0 Å². The second kappa shape index (κ2) is 13.6. The van der Waals surface area contributed by atoms with Crippen molar-refractivity contribution in [3.8, 4) is 5.75 Å². The van der Waals surface area contributed by atoms with Crippen LogP contribution in [-0.4, -0.2) is 41.5 Å². The number of carbonyl (C=O) groups is 1. The molecule has 6 heteroatoms. The first-order valence-electron chi connectivity index (χ1n) is 12.7. The Labute approximate surface area is 215 Å². The Morgan fingerprint density at radius 3 is 2.29 bits per heavy atom. The molecule has 0 aliphatic carbocycles. The highest BCUT2D eigenvalue weighted by Gasteiger charge is 2.25. The summed E-state index contributed by atoms with van der Waals surface area (Å²) in [5, 5.41) is 1.20. The molecule has 190 valence electrons. The Bertz CT molecular complexity index is 955. The van der Waals surface area contributed by atoms with E-state index in [0.29, 0.717) is 37.3 Å². The number of hydrogen-bond donors (Lipinski definition) is 0. The van der Waals surface area contributed by atoms with E-state index in [9.17, 15) is 4.79 Å². The molecule has 3 rings (SSSR count). The van der Waals surface area contributed by atoms with Crippen molar-refractivity contribution in [2.45, 2.75) is 66.2 Å². The molecule has 0 aromatic heterocycles. The van der Waals surface area contributed by atoms with Crippen LogP contribution in [-0.2, 0) is 29.1 Å². The minimum Gasteiger partial charge on any atom is -0.489 e. The average molecular weight is 497 g/mol. The van der Waals surface area contributed by atoms with Gasteiger partial charge in [-0.15, -0.1) is 0 Å². The van der Waals surface area contributed by atoms with Crippen molar-refractivity contribution in [2.75, 3.05) is 19.4 Å². The van der Waals surface area contributed by atoms with Gasteiger partial charge in [-0.25, -0.2) is 0 Å². The van der Waals surface area contributed by atoms with Gasteiger partial charge in [0.25, 0.3) is 0 Å². The average Bonchev–Trinajstić information content (AvgIpc) is 3.36. The number of nitrogens with zero attached hydrogens (tertiary/aromatic N) is 2. The first-order chi connectivity index (χ1) is 16.8. The highest BCUT2D eigenvalue weighted by Crippen LogP contribution is 2.27. The van der Waals surface area contributed by atoms with Crippen LogP contribution < -0.4 is 4.74 Å². The number of rotatable bonds is 12. The van der Waals surface area contributed by atoms with E-state index < -0.39 is 0 Å². The van der Waals surface area contributed by atoms with Crippen LogP contribution >= 0.6 is 11.8 Å². The van der Waals surface area contributed by atoms with E-state index in [0.717, 1.165) is 35.7 Å². The third kappa shape index (κ3) is 8.92. The van der Waals surface area contributed by atoms with Crippen LogP contribution in [0.15, 0.2) is 53.5 Å². The van der Waals surface area contributed by atoms with Gasteiger partial charge in [-0.2, -0.15) is 0 Å². The Hall–Kier alpha value is -2.47. The summed E-state index contributed by atoms with van der Waals surface area (Å²) in [6.45, 7) is 11.5. The minimum atomic E-state index is -0.188. The molecule has 2 aromatic carbocycles. The van der Waals surface area contributed by atoms with Crippen molar-refractivity contribution in [3.63, 3.8) is 0 Å². The fourth-order valence-electron chi connectivity index (χ4n) is 3.78. The van der Waals surface area contributed by atoms with Crippen LogP contribution in [0.4, 0.5) is 0 Å². The summed E-state index contributed by atoms with van der Waals surface area (Å²) in [4.78, 5) is 18.8. The number of benzene rings is 2. The number of amidine groups is 1. The molecule has 1 aliphatic heterocycles. The number of thioether (sulfide) groups is 1. The van der Waals surface area contributed by atoms with Gasteiger partial charge in [-0.3, -0.25) is 9.79 Å². The highest BCUT2D eigenvalue weighted by molar-refractivity contribution is 8.14. The summed E-state index contributed by atoms with van der Waals surface area (Å²) in [7, 11) is 1.42. The van der Waals surface area contributed by atoms with Gasteiger partial charge in [-0.1, -0.05) is 75.9 Å². The van der Waals surface area contributed by atoms with Crippen LogP contribution in [0.5, 0.6) is 5.75 Å². The number of carbonyl (C=O) groups excluding carboxylic acids is 1. The van der Waals surface area contributed by atoms with Crippen molar-refractivity contribution >= 4 is 22.9 Å². The van der Waals surface area contributed by atoms with Gasteiger partial charge < -0.3 is 14.4 Å². The Kier molecular flexibility index (Phi) is 10.5. The number of hydrogen-bond acceptors (Lipinski definition) is 6. The largest absolute Gasteiger partial charge is 0.489 e. The number of esters is 1. The molecule has 5 nitrogen and oxygen atoms in total. The lowest BCUT2D eigenvalue weighted by atomic mass is 10.1. The molecule has 35 heavy (non-hydrogen) atoms. The molecule has 2 aromatic rings. The summed E-state index contributed by atoms with van der Waals surface area (Å²) in [6, 6.07) is 17.1. The number of methoxy groups -OCH3 is 1. The lowest BCUT2D eigenvalue weighted by Crippen LogP contribution is -2.29. The zero-order valence-electron chi connectivity index (χ0n) is 21.8. The Balaban J connectivity index is 1.54. The van der Waals surface area contributed by atoms with Crippen LogP contribution in [0.1, 0.15) is 57.2 Å². The Morgan fingerprint density at radius 1 is 1.03 bits per heavy atom. The first kappa shape index (κ1) is 27.1. The molecule has 1 heterocycles. The molecule has 0 fully saturated rings. The van der Waals surface area contributed by atoms with Crippen molar-refractivity contribution in [2.24, 2.45) is 16.8 Å². The topological polar surface area (TPSA) is 51.1 Å².